The second-order valence-electron chi connectivity index (χ2n) is 2.14. The first-order valence-electron chi connectivity index (χ1n) is 3.67. The van der Waals surface area contributed by atoms with Crippen molar-refractivity contribution in [3.63, 3.8) is 0 Å². The second-order valence-corrected chi connectivity index (χ2v) is 3.12. The lowest BCUT2D eigenvalue weighted by atomic mass is 10.3. The van der Waals surface area contributed by atoms with Crippen molar-refractivity contribution in [1.82, 2.24) is 5.32 Å². The third-order valence-electron chi connectivity index (χ3n) is 1.22. The van der Waals surface area contributed by atoms with Crippen molar-refractivity contribution in [2.24, 2.45) is 0 Å². The van der Waals surface area contributed by atoms with Gasteiger partial charge in [0.1, 0.15) is 0 Å². The minimum Gasteiger partial charge on any atom is -0.316 e. The predicted octanol–water partition coefficient (Wildman–Crippen LogP) is 1.69. The topological polar surface area (TPSA) is 12.0 Å². The van der Waals surface area contributed by atoms with Crippen molar-refractivity contribution in [3.8, 4) is 0 Å². The van der Waals surface area contributed by atoms with E-state index in [9.17, 15) is 4.39 Å². The summed E-state index contributed by atoms with van der Waals surface area (Å²) in [6.45, 7) is 1.84. The van der Waals surface area contributed by atoms with Crippen molar-refractivity contribution in [1.29, 1.82) is 0 Å². The highest BCUT2D eigenvalue weighted by molar-refractivity contribution is 7.98. The fraction of sp³-hybridized carbons (Fsp3) is 1.00. The van der Waals surface area contributed by atoms with Gasteiger partial charge in [0.2, 0.25) is 0 Å². The highest BCUT2D eigenvalue weighted by Gasteiger charge is 1.86. The van der Waals surface area contributed by atoms with E-state index in [0.717, 1.165) is 25.3 Å². The molecule has 0 aliphatic rings. The van der Waals surface area contributed by atoms with Gasteiger partial charge in [-0.1, -0.05) is 0 Å². The molecule has 10 heavy (non-hydrogen) atoms. The molecule has 0 aromatic carbocycles. The van der Waals surface area contributed by atoms with Crippen LogP contribution in [-0.2, 0) is 0 Å². The van der Waals surface area contributed by atoms with Crippen LogP contribution >= 0.6 is 11.8 Å². The summed E-state index contributed by atoms with van der Waals surface area (Å²) >= 11 is 1.83. The molecule has 0 aromatic rings. The maximum absolute atomic E-state index is 11.5. The lowest BCUT2D eigenvalue weighted by Gasteiger charge is -2.00. The van der Waals surface area contributed by atoms with Gasteiger partial charge in [-0.25, -0.2) is 0 Å². The Kier molecular flexibility index (Phi) is 9.46. The van der Waals surface area contributed by atoms with Crippen LogP contribution in [0.25, 0.3) is 0 Å². The average molecular weight is 165 g/mol. The van der Waals surface area contributed by atoms with Crippen molar-refractivity contribution in [2.75, 3.05) is 31.8 Å². The largest absolute Gasteiger partial charge is 0.316 e. The van der Waals surface area contributed by atoms with E-state index in [1.807, 2.05) is 11.8 Å². The van der Waals surface area contributed by atoms with E-state index in [4.69, 9.17) is 0 Å². The van der Waals surface area contributed by atoms with Gasteiger partial charge in [0.05, 0.1) is 6.67 Å². The molecule has 0 aliphatic carbocycles. The summed E-state index contributed by atoms with van der Waals surface area (Å²) in [6, 6.07) is 0. The Bertz CT molecular complexity index is 53.6. The molecule has 0 saturated heterocycles. The van der Waals surface area contributed by atoms with E-state index in [2.05, 4.69) is 11.6 Å². The van der Waals surface area contributed by atoms with Gasteiger partial charge < -0.3 is 5.32 Å². The van der Waals surface area contributed by atoms with Gasteiger partial charge in [-0.2, -0.15) is 11.8 Å². The SMILES string of the molecule is CSCCNCCCCF. The minimum atomic E-state index is -0.176. The molecule has 0 saturated carbocycles. The number of alkyl halides is 1. The van der Waals surface area contributed by atoms with Gasteiger partial charge in [0.25, 0.3) is 0 Å². The molecule has 0 bridgehead atoms. The predicted molar refractivity (Wildman–Crippen MR) is 46.5 cm³/mol. The molecule has 0 aromatic heterocycles. The zero-order valence-corrected chi connectivity index (χ0v) is 7.35. The monoisotopic (exact) mass is 165 g/mol. The van der Waals surface area contributed by atoms with Gasteiger partial charge in [-0.05, 0) is 25.6 Å². The third-order valence-corrected chi connectivity index (χ3v) is 1.83. The van der Waals surface area contributed by atoms with Gasteiger partial charge >= 0.3 is 0 Å². The standard InChI is InChI=1S/C7H16FNS/c1-10-7-6-9-5-3-2-4-8/h9H,2-7H2,1H3. The summed E-state index contributed by atoms with van der Waals surface area (Å²) in [5.74, 6) is 1.15. The second kappa shape index (κ2) is 9.24. The molecular formula is C7H16FNS. The van der Waals surface area contributed by atoms with Crippen LogP contribution in [0.2, 0.25) is 0 Å². The van der Waals surface area contributed by atoms with Gasteiger partial charge in [-0.15, -0.1) is 0 Å². The highest BCUT2D eigenvalue weighted by Crippen LogP contribution is 1.89. The van der Waals surface area contributed by atoms with Gasteiger partial charge in [-0.3, -0.25) is 4.39 Å². The Morgan fingerprint density at radius 1 is 1.30 bits per heavy atom. The quantitative estimate of drug-likeness (QED) is 0.576. The van der Waals surface area contributed by atoms with Gasteiger partial charge in [0.15, 0.2) is 0 Å². The Balaban J connectivity index is 2.65. The molecule has 62 valence electrons. The molecule has 0 rings (SSSR count). The molecule has 0 amide bonds. The Hall–Kier alpha value is 0.240. The summed E-state index contributed by atoms with van der Waals surface area (Å²) in [7, 11) is 0. The summed E-state index contributed by atoms with van der Waals surface area (Å²) in [6.07, 6.45) is 3.75. The highest BCUT2D eigenvalue weighted by atomic mass is 32.2. The molecule has 0 atom stereocenters. The molecular weight excluding hydrogens is 149 g/mol. The van der Waals surface area contributed by atoms with Crippen LogP contribution in [0.4, 0.5) is 4.39 Å². The number of rotatable bonds is 7. The van der Waals surface area contributed by atoms with Crippen molar-refractivity contribution < 1.29 is 4.39 Å². The summed E-state index contributed by atoms with van der Waals surface area (Å²) in [5.41, 5.74) is 0. The Morgan fingerprint density at radius 3 is 2.70 bits per heavy atom. The van der Waals surface area contributed by atoms with E-state index >= 15 is 0 Å². The third kappa shape index (κ3) is 8.24. The van der Waals surface area contributed by atoms with Crippen molar-refractivity contribution >= 4 is 11.8 Å². The first-order valence-corrected chi connectivity index (χ1v) is 5.07. The molecule has 0 spiro atoms. The molecule has 0 heterocycles. The number of thioether (sulfide) groups is 1. The van der Waals surface area contributed by atoms with Crippen LogP contribution in [0.3, 0.4) is 0 Å². The number of halogens is 1. The van der Waals surface area contributed by atoms with E-state index in [1.165, 1.54) is 0 Å². The zero-order chi connectivity index (χ0) is 7.66. The number of hydrogen-bond donors (Lipinski definition) is 1. The summed E-state index contributed by atoms with van der Waals surface area (Å²) < 4.78 is 11.5. The normalized spacial score (nSPS) is 10.2. The van der Waals surface area contributed by atoms with E-state index in [0.29, 0.717) is 6.42 Å². The fourth-order valence-corrected chi connectivity index (χ4v) is 0.992. The number of hydrogen-bond acceptors (Lipinski definition) is 2. The van der Waals surface area contributed by atoms with Crippen LogP contribution in [0.15, 0.2) is 0 Å². The smallest absolute Gasteiger partial charge is 0.0894 e. The molecule has 1 nitrogen and oxygen atoms in total. The Morgan fingerprint density at radius 2 is 2.10 bits per heavy atom. The Labute approximate surface area is 66.8 Å². The summed E-state index contributed by atoms with van der Waals surface area (Å²) in [4.78, 5) is 0. The van der Waals surface area contributed by atoms with E-state index < -0.39 is 0 Å². The van der Waals surface area contributed by atoms with Crippen LogP contribution in [0, 0.1) is 0 Å². The maximum atomic E-state index is 11.5. The van der Waals surface area contributed by atoms with Crippen molar-refractivity contribution in [2.45, 2.75) is 12.8 Å². The average Bonchev–Trinajstić information content (AvgIpc) is 1.97. The van der Waals surface area contributed by atoms with Crippen LogP contribution < -0.4 is 5.32 Å². The van der Waals surface area contributed by atoms with Crippen LogP contribution in [-0.4, -0.2) is 31.8 Å². The van der Waals surface area contributed by atoms with Crippen molar-refractivity contribution in [3.05, 3.63) is 0 Å². The van der Waals surface area contributed by atoms with Crippen LogP contribution in [0.1, 0.15) is 12.8 Å². The van der Waals surface area contributed by atoms with Gasteiger partial charge in [0, 0.05) is 12.3 Å². The van der Waals surface area contributed by atoms with Crippen LogP contribution in [0.5, 0.6) is 0 Å². The number of nitrogens with one attached hydrogen (secondary N) is 1. The molecule has 0 radical (unpaired) electrons. The summed E-state index contributed by atoms with van der Waals surface area (Å²) in [5, 5.41) is 3.23. The lowest BCUT2D eigenvalue weighted by molar-refractivity contribution is 0.456. The number of unbranched alkanes of at least 4 members (excludes halogenated alkanes) is 1. The molecule has 0 unspecified atom stereocenters. The zero-order valence-electron chi connectivity index (χ0n) is 6.53. The molecule has 0 fully saturated rings. The molecule has 1 N–H and O–H groups in total. The maximum Gasteiger partial charge on any atom is 0.0894 e. The van der Waals surface area contributed by atoms with E-state index in [-0.39, 0.29) is 6.67 Å². The first kappa shape index (κ1) is 10.2. The fourth-order valence-electron chi connectivity index (χ4n) is 0.644. The first-order chi connectivity index (χ1) is 4.91. The lowest BCUT2D eigenvalue weighted by Crippen LogP contribution is -2.18. The minimum absolute atomic E-state index is 0.176. The van der Waals surface area contributed by atoms with E-state index in [1.54, 1.807) is 0 Å². The molecule has 0 aliphatic heterocycles. The molecule has 3 heteroatoms.